The molecule has 0 N–H and O–H groups in total. The van der Waals surface area contributed by atoms with Crippen molar-refractivity contribution < 1.29 is 13.9 Å². The summed E-state index contributed by atoms with van der Waals surface area (Å²) >= 11 is 0. The van der Waals surface area contributed by atoms with Crippen molar-refractivity contribution in [2.24, 2.45) is 0 Å². The number of rotatable bonds is 3. The number of Topliss-reactive ketones (excluding diaryl/α,β-unsaturated/α-hetero) is 1. The Morgan fingerprint density at radius 1 is 1.35 bits per heavy atom. The van der Waals surface area contributed by atoms with E-state index in [1.165, 1.54) is 0 Å². The van der Waals surface area contributed by atoms with Crippen LogP contribution in [0.15, 0.2) is 34.9 Å². The molecule has 0 radical (unpaired) electrons. The summed E-state index contributed by atoms with van der Waals surface area (Å²) in [5.41, 5.74) is 1.81. The highest BCUT2D eigenvalue weighted by molar-refractivity contribution is 5.84. The van der Waals surface area contributed by atoms with E-state index in [4.69, 9.17) is 9.15 Å². The van der Waals surface area contributed by atoms with E-state index < -0.39 is 0 Å². The summed E-state index contributed by atoms with van der Waals surface area (Å²) in [4.78, 5) is 11.4. The predicted octanol–water partition coefficient (Wildman–Crippen LogP) is 2.68. The molecule has 0 unspecified atom stereocenters. The first-order valence-corrected chi connectivity index (χ1v) is 5.75. The van der Waals surface area contributed by atoms with Gasteiger partial charge in [-0.3, -0.25) is 4.79 Å². The number of ketones is 1. The number of hydrogen-bond donors (Lipinski definition) is 0. The first kappa shape index (κ1) is 10.5. The molecule has 0 aliphatic carbocycles. The molecule has 1 aromatic heterocycles. The molecule has 3 heteroatoms. The number of fused-ring (bicyclic) bond motifs is 1. The zero-order valence-corrected chi connectivity index (χ0v) is 9.73. The van der Waals surface area contributed by atoms with Crippen LogP contribution >= 0.6 is 0 Å². The monoisotopic (exact) mass is 230 g/mol. The van der Waals surface area contributed by atoms with Crippen molar-refractivity contribution in [3.05, 3.63) is 36.1 Å². The predicted molar refractivity (Wildman–Crippen MR) is 64.0 cm³/mol. The van der Waals surface area contributed by atoms with Gasteiger partial charge in [0.25, 0.3) is 0 Å². The first-order chi connectivity index (χ1) is 8.21. The Kier molecular flexibility index (Phi) is 2.30. The average molecular weight is 230 g/mol. The molecule has 1 aliphatic heterocycles. The van der Waals surface area contributed by atoms with Crippen LogP contribution in [0.5, 0.6) is 0 Å². The number of hydrogen-bond acceptors (Lipinski definition) is 3. The molecule has 17 heavy (non-hydrogen) atoms. The lowest BCUT2D eigenvalue weighted by molar-refractivity contribution is -0.125. The lowest BCUT2D eigenvalue weighted by Gasteiger charge is -2.40. The molecular formula is C14H14O3. The summed E-state index contributed by atoms with van der Waals surface area (Å²) in [5.74, 6) is 0.193. The molecule has 88 valence electrons. The van der Waals surface area contributed by atoms with Gasteiger partial charge in [-0.2, -0.15) is 0 Å². The molecule has 1 aliphatic rings. The zero-order chi connectivity index (χ0) is 11.9. The Labute approximate surface area is 99.4 Å². The van der Waals surface area contributed by atoms with Crippen molar-refractivity contribution >= 4 is 16.8 Å². The van der Waals surface area contributed by atoms with Gasteiger partial charge in [0.15, 0.2) is 0 Å². The Bertz CT molecular complexity index is 564. The van der Waals surface area contributed by atoms with Crippen LogP contribution in [0, 0.1) is 0 Å². The maximum atomic E-state index is 11.4. The normalized spacial score (nSPS) is 17.9. The van der Waals surface area contributed by atoms with Gasteiger partial charge in [-0.05, 0) is 13.0 Å². The molecule has 0 saturated carbocycles. The standard InChI is InChI=1S/C14H14O3/c1-10(15)6-14(8-16-9-14)12-7-17-13-5-3-2-4-11(12)13/h2-5,7H,6,8-9H2,1H3. The van der Waals surface area contributed by atoms with Gasteiger partial charge in [0.2, 0.25) is 0 Å². The Hall–Kier alpha value is -1.61. The Morgan fingerprint density at radius 2 is 2.12 bits per heavy atom. The number of para-hydroxylation sites is 1. The fraction of sp³-hybridized carbons (Fsp3) is 0.357. The topological polar surface area (TPSA) is 39.4 Å². The van der Waals surface area contributed by atoms with E-state index in [2.05, 4.69) is 0 Å². The Morgan fingerprint density at radius 3 is 2.76 bits per heavy atom. The van der Waals surface area contributed by atoms with Gasteiger partial charge in [-0.25, -0.2) is 0 Å². The van der Waals surface area contributed by atoms with E-state index in [0.717, 1.165) is 16.5 Å². The van der Waals surface area contributed by atoms with Crippen molar-refractivity contribution in [3.63, 3.8) is 0 Å². The molecule has 1 saturated heterocycles. The molecule has 0 amide bonds. The van der Waals surface area contributed by atoms with Crippen molar-refractivity contribution in [2.45, 2.75) is 18.8 Å². The highest BCUT2D eigenvalue weighted by atomic mass is 16.5. The molecule has 3 rings (SSSR count). The van der Waals surface area contributed by atoms with Crippen LogP contribution in [0.1, 0.15) is 18.9 Å². The lowest BCUT2D eigenvalue weighted by atomic mass is 9.75. The van der Waals surface area contributed by atoms with Gasteiger partial charge < -0.3 is 9.15 Å². The fourth-order valence-electron chi connectivity index (χ4n) is 2.57. The van der Waals surface area contributed by atoms with E-state index in [0.29, 0.717) is 19.6 Å². The van der Waals surface area contributed by atoms with Gasteiger partial charge in [0.05, 0.1) is 24.9 Å². The van der Waals surface area contributed by atoms with Crippen molar-refractivity contribution in [3.8, 4) is 0 Å². The minimum Gasteiger partial charge on any atom is -0.464 e. The first-order valence-electron chi connectivity index (χ1n) is 5.75. The molecule has 0 bridgehead atoms. The number of benzene rings is 1. The third-order valence-corrected chi connectivity index (χ3v) is 3.40. The second-order valence-electron chi connectivity index (χ2n) is 4.80. The largest absolute Gasteiger partial charge is 0.464 e. The summed E-state index contributed by atoms with van der Waals surface area (Å²) in [5, 5.41) is 1.09. The lowest BCUT2D eigenvalue weighted by Crippen LogP contribution is -2.47. The van der Waals surface area contributed by atoms with Crippen molar-refractivity contribution in [1.82, 2.24) is 0 Å². The van der Waals surface area contributed by atoms with Crippen molar-refractivity contribution in [2.75, 3.05) is 13.2 Å². The quantitative estimate of drug-likeness (QED) is 0.813. The minimum atomic E-state index is -0.168. The van der Waals surface area contributed by atoms with E-state index in [1.54, 1.807) is 13.2 Å². The Balaban J connectivity index is 2.10. The van der Waals surface area contributed by atoms with Gasteiger partial charge in [0, 0.05) is 17.4 Å². The summed E-state index contributed by atoms with van der Waals surface area (Å²) in [6.45, 7) is 2.84. The van der Waals surface area contributed by atoms with Crippen LogP contribution < -0.4 is 0 Å². The van der Waals surface area contributed by atoms with Crippen LogP contribution in [-0.2, 0) is 14.9 Å². The molecular weight excluding hydrogens is 216 g/mol. The number of ether oxygens (including phenoxy) is 1. The second-order valence-corrected chi connectivity index (χ2v) is 4.80. The smallest absolute Gasteiger partial charge is 0.134 e. The van der Waals surface area contributed by atoms with E-state index in [9.17, 15) is 4.79 Å². The average Bonchev–Trinajstić information content (AvgIpc) is 2.67. The maximum absolute atomic E-state index is 11.4. The molecule has 2 heterocycles. The van der Waals surface area contributed by atoms with Gasteiger partial charge in [0.1, 0.15) is 11.4 Å². The maximum Gasteiger partial charge on any atom is 0.134 e. The highest BCUT2D eigenvalue weighted by Crippen LogP contribution is 2.40. The highest BCUT2D eigenvalue weighted by Gasteiger charge is 2.43. The minimum absolute atomic E-state index is 0.168. The molecule has 2 aromatic rings. The van der Waals surface area contributed by atoms with E-state index >= 15 is 0 Å². The van der Waals surface area contributed by atoms with Crippen LogP contribution in [-0.4, -0.2) is 19.0 Å². The molecule has 1 fully saturated rings. The summed E-state index contributed by atoms with van der Waals surface area (Å²) in [6.07, 6.45) is 2.30. The zero-order valence-electron chi connectivity index (χ0n) is 9.73. The summed E-state index contributed by atoms with van der Waals surface area (Å²) < 4.78 is 10.9. The summed E-state index contributed by atoms with van der Waals surface area (Å²) in [6, 6.07) is 7.92. The third kappa shape index (κ3) is 1.58. The van der Waals surface area contributed by atoms with Gasteiger partial charge in [-0.15, -0.1) is 0 Å². The number of furan rings is 1. The molecule has 0 atom stereocenters. The number of carbonyl (C=O) groups excluding carboxylic acids is 1. The molecule has 0 spiro atoms. The van der Waals surface area contributed by atoms with Crippen LogP contribution in [0.3, 0.4) is 0 Å². The van der Waals surface area contributed by atoms with E-state index in [1.807, 2.05) is 24.3 Å². The molecule has 1 aromatic carbocycles. The van der Waals surface area contributed by atoms with Crippen LogP contribution in [0.25, 0.3) is 11.0 Å². The van der Waals surface area contributed by atoms with Gasteiger partial charge >= 0.3 is 0 Å². The summed E-state index contributed by atoms with van der Waals surface area (Å²) in [7, 11) is 0. The second kappa shape index (κ2) is 3.70. The van der Waals surface area contributed by atoms with Crippen LogP contribution in [0.4, 0.5) is 0 Å². The number of carbonyl (C=O) groups is 1. The van der Waals surface area contributed by atoms with Gasteiger partial charge in [-0.1, -0.05) is 18.2 Å². The fourth-order valence-corrected chi connectivity index (χ4v) is 2.57. The van der Waals surface area contributed by atoms with Crippen LogP contribution in [0.2, 0.25) is 0 Å². The molecule has 3 nitrogen and oxygen atoms in total. The van der Waals surface area contributed by atoms with E-state index in [-0.39, 0.29) is 11.2 Å². The SMILES string of the molecule is CC(=O)CC1(c2coc3ccccc23)COC1. The third-order valence-electron chi connectivity index (χ3n) is 3.40. The van der Waals surface area contributed by atoms with Crippen molar-refractivity contribution in [1.29, 1.82) is 0 Å².